The molecule has 0 saturated heterocycles. The molecule has 138 valence electrons. The van der Waals surface area contributed by atoms with E-state index in [1.54, 1.807) is 18.9 Å². The number of thioether (sulfide) groups is 1. The third-order valence-corrected chi connectivity index (χ3v) is 5.60. The Bertz CT molecular complexity index is 1000. The van der Waals surface area contributed by atoms with Gasteiger partial charge in [-0.05, 0) is 29.7 Å². The monoisotopic (exact) mass is 378 g/mol. The normalized spacial score (nSPS) is 15.6. The second-order valence-corrected chi connectivity index (χ2v) is 7.29. The maximum atomic E-state index is 5.18. The van der Waals surface area contributed by atoms with Crippen LogP contribution in [0.5, 0.6) is 5.75 Å². The average Bonchev–Trinajstić information content (AvgIpc) is 3.17. The average molecular weight is 379 g/mol. The van der Waals surface area contributed by atoms with Gasteiger partial charge >= 0.3 is 0 Å². The molecule has 0 radical (unpaired) electrons. The molecule has 0 saturated carbocycles. The fourth-order valence-electron chi connectivity index (χ4n) is 3.18. The van der Waals surface area contributed by atoms with Gasteiger partial charge in [-0.2, -0.15) is 5.10 Å². The summed E-state index contributed by atoms with van der Waals surface area (Å²) in [5, 5.41) is 6.65. The molecule has 0 unspecified atom stereocenters. The van der Waals surface area contributed by atoms with Crippen LogP contribution < -0.4 is 10.2 Å². The highest BCUT2D eigenvalue weighted by molar-refractivity contribution is 8.14. The molecule has 2 N–H and O–H groups in total. The lowest BCUT2D eigenvalue weighted by molar-refractivity contribution is 0.414. The van der Waals surface area contributed by atoms with Crippen molar-refractivity contribution < 1.29 is 4.74 Å². The van der Waals surface area contributed by atoms with Crippen LogP contribution in [-0.4, -0.2) is 28.7 Å². The van der Waals surface area contributed by atoms with E-state index in [4.69, 9.17) is 4.74 Å². The molecular weight excluding hydrogens is 356 g/mol. The number of hydrogen-bond donors (Lipinski definition) is 2. The van der Waals surface area contributed by atoms with Crippen LogP contribution >= 0.6 is 11.8 Å². The Kier molecular flexibility index (Phi) is 5.16. The van der Waals surface area contributed by atoms with Crippen LogP contribution in [0.2, 0.25) is 0 Å². The number of ether oxygens (including phenoxy) is 1. The predicted octanol–water partition coefficient (Wildman–Crippen LogP) is 4.34. The van der Waals surface area contributed by atoms with Crippen molar-refractivity contribution in [3.8, 4) is 5.75 Å². The number of para-hydroxylation sites is 1. The van der Waals surface area contributed by atoms with Crippen molar-refractivity contribution in [2.45, 2.75) is 19.9 Å². The number of nitrogens with zero attached hydrogens (tertiary/aromatic N) is 2. The van der Waals surface area contributed by atoms with E-state index in [-0.39, 0.29) is 0 Å². The predicted molar refractivity (Wildman–Crippen MR) is 114 cm³/mol. The molecule has 0 amide bonds. The lowest BCUT2D eigenvalue weighted by Gasteiger charge is -2.14. The summed E-state index contributed by atoms with van der Waals surface area (Å²) in [5.41, 5.74) is 9.00. The van der Waals surface area contributed by atoms with Crippen molar-refractivity contribution in [3.63, 3.8) is 0 Å². The minimum atomic E-state index is 0.622. The van der Waals surface area contributed by atoms with Gasteiger partial charge in [-0.15, -0.1) is 0 Å². The Labute approximate surface area is 162 Å². The highest BCUT2D eigenvalue weighted by Crippen LogP contribution is 2.25. The third-order valence-electron chi connectivity index (χ3n) is 4.69. The summed E-state index contributed by atoms with van der Waals surface area (Å²) in [7, 11) is 1.67. The second-order valence-electron chi connectivity index (χ2n) is 6.32. The Morgan fingerprint density at radius 3 is 2.74 bits per heavy atom. The molecule has 1 aliphatic heterocycles. The first-order valence-electron chi connectivity index (χ1n) is 9.00. The number of H-pyrrole nitrogens is 1. The molecule has 2 aromatic carbocycles. The molecule has 0 fully saturated rings. The first-order chi connectivity index (χ1) is 13.3. The van der Waals surface area contributed by atoms with Gasteiger partial charge in [0.25, 0.3) is 0 Å². The zero-order chi connectivity index (χ0) is 18.6. The number of amidine groups is 1. The van der Waals surface area contributed by atoms with Crippen molar-refractivity contribution in [2.75, 3.05) is 12.9 Å². The van der Waals surface area contributed by atoms with E-state index in [0.29, 0.717) is 6.54 Å². The Morgan fingerprint density at radius 2 is 2.04 bits per heavy atom. The number of aliphatic imine (C=N–C) groups is 1. The van der Waals surface area contributed by atoms with Crippen molar-refractivity contribution in [1.29, 1.82) is 0 Å². The van der Waals surface area contributed by atoms with Gasteiger partial charge in [-0.1, -0.05) is 49.0 Å². The minimum Gasteiger partial charge on any atom is -0.497 e. The maximum absolute atomic E-state index is 5.18. The number of hydrogen-bond acceptors (Lipinski definition) is 4. The number of fused-ring (bicyclic) bond motifs is 1. The standard InChI is InChI=1S/C21H22N4OS/c1-3-15-5-4-6-17-18(12-22-20(15)17)19-13-27-21(25-24-19)23-11-14-7-9-16(26-2)10-8-14/h4-10,12,22H,3,11,13H2,1-2H3,(H,23,25). The molecule has 4 rings (SSSR count). The van der Waals surface area contributed by atoms with E-state index in [9.17, 15) is 0 Å². The maximum Gasteiger partial charge on any atom is 0.177 e. The number of methoxy groups -OCH3 is 1. The van der Waals surface area contributed by atoms with Gasteiger partial charge in [0.2, 0.25) is 0 Å². The van der Waals surface area contributed by atoms with Crippen LogP contribution in [0, 0.1) is 0 Å². The van der Waals surface area contributed by atoms with Crippen LogP contribution in [0.4, 0.5) is 0 Å². The molecule has 1 aliphatic rings. The zero-order valence-corrected chi connectivity index (χ0v) is 16.3. The molecule has 27 heavy (non-hydrogen) atoms. The minimum absolute atomic E-state index is 0.622. The molecule has 0 atom stereocenters. The zero-order valence-electron chi connectivity index (χ0n) is 15.5. The number of rotatable bonds is 5. The van der Waals surface area contributed by atoms with Crippen LogP contribution in [0.15, 0.2) is 58.8 Å². The van der Waals surface area contributed by atoms with Gasteiger partial charge in [0.15, 0.2) is 5.17 Å². The third kappa shape index (κ3) is 3.71. The summed E-state index contributed by atoms with van der Waals surface area (Å²) in [5.74, 6) is 1.66. The number of aromatic amines is 1. The lowest BCUT2D eigenvalue weighted by atomic mass is 10.1. The van der Waals surface area contributed by atoms with E-state index in [0.717, 1.165) is 39.9 Å². The van der Waals surface area contributed by atoms with Gasteiger partial charge < -0.3 is 9.72 Å². The molecule has 5 nitrogen and oxygen atoms in total. The molecule has 0 bridgehead atoms. The second kappa shape index (κ2) is 7.88. The summed E-state index contributed by atoms with van der Waals surface area (Å²) in [6.45, 7) is 2.80. The van der Waals surface area contributed by atoms with Crippen molar-refractivity contribution in [3.05, 3.63) is 65.4 Å². The molecule has 3 aromatic rings. The Hall–Kier alpha value is -2.73. The smallest absolute Gasteiger partial charge is 0.177 e. The number of aryl methyl sites for hydroxylation is 1. The highest BCUT2D eigenvalue weighted by Gasteiger charge is 2.17. The first kappa shape index (κ1) is 17.7. The lowest BCUT2D eigenvalue weighted by Crippen LogP contribution is -2.25. The Morgan fingerprint density at radius 1 is 1.19 bits per heavy atom. The van der Waals surface area contributed by atoms with E-state index < -0.39 is 0 Å². The number of nitrogens with one attached hydrogen (secondary N) is 2. The highest BCUT2D eigenvalue weighted by atomic mass is 32.2. The molecule has 0 spiro atoms. The van der Waals surface area contributed by atoms with Gasteiger partial charge in [0.1, 0.15) is 5.75 Å². The Balaban J connectivity index is 1.48. The van der Waals surface area contributed by atoms with Crippen molar-refractivity contribution >= 4 is 33.5 Å². The largest absolute Gasteiger partial charge is 0.497 e. The van der Waals surface area contributed by atoms with E-state index >= 15 is 0 Å². The summed E-state index contributed by atoms with van der Waals surface area (Å²) in [6, 6.07) is 14.4. The summed E-state index contributed by atoms with van der Waals surface area (Å²) in [6.07, 6.45) is 3.07. The van der Waals surface area contributed by atoms with Crippen molar-refractivity contribution in [1.82, 2.24) is 10.4 Å². The molecule has 0 aliphatic carbocycles. The van der Waals surface area contributed by atoms with Gasteiger partial charge in [0.05, 0.1) is 19.4 Å². The fourth-order valence-corrected chi connectivity index (χ4v) is 3.94. The quantitative estimate of drug-likeness (QED) is 0.694. The molecule has 6 heteroatoms. The molecule has 2 heterocycles. The van der Waals surface area contributed by atoms with E-state index in [1.807, 2.05) is 24.3 Å². The first-order valence-corrected chi connectivity index (χ1v) is 9.99. The molecular formula is C21H22N4OS. The van der Waals surface area contributed by atoms with E-state index in [1.165, 1.54) is 16.5 Å². The topological polar surface area (TPSA) is 61.8 Å². The van der Waals surface area contributed by atoms with Crippen LogP contribution in [0.1, 0.15) is 23.6 Å². The SMILES string of the molecule is CCc1cccc2c(C3=NNC(=NCc4ccc(OC)cc4)SC3)c[nH]c12. The number of benzene rings is 2. The van der Waals surface area contributed by atoms with Crippen LogP contribution in [0.25, 0.3) is 10.9 Å². The summed E-state index contributed by atoms with van der Waals surface area (Å²) >= 11 is 1.68. The van der Waals surface area contributed by atoms with Gasteiger partial charge in [-0.25, -0.2) is 0 Å². The summed E-state index contributed by atoms with van der Waals surface area (Å²) in [4.78, 5) is 8.04. The summed E-state index contributed by atoms with van der Waals surface area (Å²) < 4.78 is 5.18. The fraction of sp³-hybridized carbons (Fsp3) is 0.238. The number of hydrazone groups is 1. The van der Waals surface area contributed by atoms with Gasteiger partial charge in [-0.3, -0.25) is 10.4 Å². The number of aromatic nitrogens is 1. The van der Waals surface area contributed by atoms with E-state index in [2.05, 4.69) is 51.8 Å². The van der Waals surface area contributed by atoms with Crippen molar-refractivity contribution in [2.24, 2.45) is 10.1 Å². The van der Waals surface area contributed by atoms with Crippen LogP contribution in [-0.2, 0) is 13.0 Å². The van der Waals surface area contributed by atoms with Crippen LogP contribution in [0.3, 0.4) is 0 Å². The van der Waals surface area contributed by atoms with Gasteiger partial charge in [0, 0.05) is 28.4 Å². The molecule has 1 aromatic heterocycles.